The Labute approximate surface area is 85.0 Å². The van der Waals surface area contributed by atoms with Crippen molar-refractivity contribution in [2.45, 2.75) is 26.2 Å². The second-order valence-electron chi connectivity index (χ2n) is 2.88. The summed E-state index contributed by atoms with van der Waals surface area (Å²) >= 11 is 0. The minimum Gasteiger partial charge on any atom is -0.388 e. The average molecular weight is 222 g/mol. The first kappa shape index (κ1) is 13.3. The van der Waals surface area contributed by atoms with Crippen LogP contribution in [0.25, 0.3) is 0 Å². The van der Waals surface area contributed by atoms with Crippen LogP contribution in [0.1, 0.15) is 26.2 Å². The van der Waals surface area contributed by atoms with Crippen molar-refractivity contribution in [2.75, 3.05) is 13.1 Å². The second-order valence-corrected chi connectivity index (χ2v) is 4.46. The Hall–Kier alpha value is -0.660. The number of unbranched alkanes of at least 4 members (excludes halogenated alkanes) is 1. The lowest BCUT2D eigenvalue weighted by molar-refractivity contribution is 0.565. The molecule has 84 valence electrons. The number of nitrogens with one attached hydrogen (secondary N) is 3. The molecule has 0 rings (SSSR count). The van der Waals surface area contributed by atoms with Crippen LogP contribution in [0.5, 0.6) is 0 Å². The maximum absolute atomic E-state index is 11.0. The Morgan fingerprint density at radius 1 is 1.36 bits per heavy atom. The van der Waals surface area contributed by atoms with Gasteiger partial charge in [0.1, 0.15) is 0 Å². The molecule has 0 saturated carbocycles. The van der Waals surface area contributed by atoms with E-state index in [1.165, 1.54) is 0 Å². The van der Waals surface area contributed by atoms with Crippen molar-refractivity contribution in [1.29, 1.82) is 5.41 Å². The van der Waals surface area contributed by atoms with Crippen LogP contribution < -0.4 is 15.2 Å². The number of rotatable bonds is 8. The van der Waals surface area contributed by atoms with Gasteiger partial charge < -0.3 is 5.73 Å². The highest BCUT2D eigenvalue weighted by Gasteiger charge is 2.05. The van der Waals surface area contributed by atoms with E-state index in [0.29, 0.717) is 25.9 Å². The highest BCUT2D eigenvalue weighted by Crippen LogP contribution is 1.93. The first-order chi connectivity index (χ1) is 6.48. The Bertz CT molecular complexity index is 263. The van der Waals surface area contributed by atoms with E-state index >= 15 is 0 Å². The lowest BCUT2D eigenvalue weighted by Crippen LogP contribution is -2.36. The number of hydrogen-bond acceptors (Lipinski definition) is 3. The van der Waals surface area contributed by atoms with Gasteiger partial charge in [-0.3, -0.25) is 5.41 Å². The summed E-state index contributed by atoms with van der Waals surface area (Å²) in [6.07, 6.45) is 1.93. The van der Waals surface area contributed by atoms with Crippen LogP contribution >= 0.6 is 0 Å². The molecule has 7 heteroatoms. The van der Waals surface area contributed by atoms with Crippen LogP contribution in [-0.4, -0.2) is 27.3 Å². The van der Waals surface area contributed by atoms with Gasteiger partial charge in [-0.05, 0) is 12.8 Å². The number of amidine groups is 1. The molecule has 0 bridgehead atoms. The van der Waals surface area contributed by atoms with Crippen LogP contribution in [0.2, 0.25) is 0 Å². The van der Waals surface area contributed by atoms with Gasteiger partial charge in [-0.15, -0.1) is 0 Å². The molecule has 0 unspecified atom stereocenters. The molecule has 6 nitrogen and oxygen atoms in total. The fourth-order valence-electron chi connectivity index (χ4n) is 0.888. The number of hydrogen-bond donors (Lipinski definition) is 4. The van der Waals surface area contributed by atoms with E-state index in [2.05, 4.69) is 9.44 Å². The number of nitrogens with two attached hydrogens (primary N) is 1. The molecule has 0 amide bonds. The van der Waals surface area contributed by atoms with Crippen LogP contribution in [0, 0.1) is 5.41 Å². The highest BCUT2D eigenvalue weighted by molar-refractivity contribution is 7.87. The van der Waals surface area contributed by atoms with E-state index in [9.17, 15) is 8.42 Å². The smallest absolute Gasteiger partial charge is 0.276 e. The normalized spacial score (nSPS) is 11.5. The molecular weight excluding hydrogens is 204 g/mol. The average Bonchev–Trinajstić information content (AvgIpc) is 2.02. The van der Waals surface area contributed by atoms with E-state index < -0.39 is 10.2 Å². The van der Waals surface area contributed by atoms with E-state index in [1.807, 2.05) is 0 Å². The van der Waals surface area contributed by atoms with E-state index in [1.54, 1.807) is 6.92 Å². The lowest BCUT2D eigenvalue weighted by Gasteiger charge is -2.05. The highest BCUT2D eigenvalue weighted by atomic mass is 32.2. The fraction of sp³-hybridized carbons (Fsp3) is 0.857. The zero-order valence-electron chi connectivity index (χ0n) is 8.34. The van der Waals surface area contributed by atoms with Crippen molar-refractivity contribution in [1.82, 2.24) is 9.44 Å². The molecule has 0 radical (unpaired) electrons. The molecule has 0 fully saturated rings. The van der Waals surface area contributed by atoms with Crippen LogP contribution in [0.3, 0.4) is 0 Å². The van der Waals surface area contributed by atoms with E-state index in [4.69, 9.17) is 11.1 Å². The van der Waals surface area contributed by atoms with Gasteiger partial charge in [0.25, 0.3) is 10.2 Å². The van der Waals surface area contributed by atoms with Crippen molar-refractivity contribution >= 4 is 16.0 Å². The summed E-state index contributed by atoms with van der Waals surface area (Å²) in [7, 11) is -3.32. The lowest BCUT2D eigenvalue weighted by atomic mass is 10.2. The predicted molar refractivity (Wildman–Crippen MR) is 56.4 cm³/mol. The predicted octanol–water partition coefficient (Wildman–Crippen LogP) is -0.463. The van der Waals surface area contributed by atoms with Gasteiger partial charge >= 0.3 is 0 Å². The summed E-state index contributed by atoms with van der Waals surface area (Å²) in [5.74, 6) is 0.138. The van der Waals surface area contributed by atoms with E-state index in [-0.39, 0.29) is 5.84 Å². The molecular formula is C7H18N4O2S. The van der Waals surface area contributed by atoms with Crippen LogP contribution in [0.15, 0.2) is 0 Å². The molecule has 14 heavy (non-hydrogen) atoms. The summed E-state index contributed by atoms with van der Waals surface area (Å²) in [5.41, 5.74) is 5.14. The maximum atomic E-state index is 11.0. The Kier molecular flexibility index (Phi) is 6.43. The minimum absolute atomic E-state index is 0.138. The fourth-order valence-corrected chi connectivity index (χ4v) is 1.78. The summed E-state index contributed by atoms with van der Waals surface area (Å²) < 4.78 is 26.8. The van der Waals surface area contributed by atoms with Crippen molar-refractivity contribution in [3.63, 3.8) is 0 Å². The molecule has 0 spiro atoms. The first-order valence-corrected chi connectivity index (χ1v) is 6.03. The summed E-state index contributed by atoms with van der Waals surface area (Å²) in [5, 5.41) is 6.95. The Morgan fingerprint density at radius 3 is 2.50 bits per heavy atom. The van der Waals surface area contributed by atoms with Crippen LogP contribution in [0.4, 0.5) is 0 Å². The van der Waals surface area contributed by atoms with Gasteiger partial charge in [-0.1, -0.05) is 6.92 Å². The second kappa shape index (κ2) is 6.74. The molecule has 0 aliphatic heterocycles. The molecule has 0 heterocycles. The third kappa shape index (κ3) is 7.96. The molecule has 0 aromatic rings. The Morgan fingerprint density at radius 2 is 2.00 bits per heavy atom. The molecule has 5 N–H and O–H groups in total. The molecule has 0 aromatic heterocycles. The van der Waals surface area contributed by atoms with Crippen molar-refractivity contribution in [3.8, 4) is 0 Å². The van der Waals surface area contributed by atoms with Crippen LogP contribution in [-0.2, 0) is 10.2 Å². The maximum Gasteiger partial charge on any atom is 0.276 e. The molecule has 0 aliphatic rings. The third-order valence-electron chi connectivity index (χ3n) is 1.50. The topological polar surface area (TPSA) is 108 Å². The third-order valence-corrected chi connectivity index (χ3v) is 2.75. The van der Waals surface area contributed by atoms with Crippen molar-refractivity contribution < 1.29 is 8.42 Å². The van der Waals surface area contributed by atoms with Gasteiger partial charge in [0.2, 0.25) is 0 Å². The van der Waals surface area contributed by atoms with Gasteiger partial charge in [0.05, 0.1) is 5.84 Å². The first-order valence-electron chi connectivity index (χ1n) is 4.55. The molecule has 0 saturated heterocycles. The zero-order chi connectivity index (χ0) is 11.0. The largest absolute Gasteiger partial charge is 0.388 e. The SMILES string of the molecule is CCNS(=O)(=O)NCCCCC(=N)N. The monoisotopic (exact) mass is 222 g/mol. The van der Waals surface area contributed by atoms with Gasteiger partial charge in [-0.2, -0.15) is 8.42 Å². The molecule has 0 aliphatic carbocycles. The summed E-state index contributed by atoms with van der Waals surface area (Å²) in [4.78, 5) is 0. The summed E-state index contributed by atoms with van der Waals surface area (Å²) in [6.45, 7) is 2.47. The standard InChI is InChI=1S/C7H18N4O2S/c1-2-10-14(12,13)11-6-4-3-5-7(8)9/h10-11H,2-6H2,1H3,(H3,8,9). The van der Waals surface area contributed by atoms with Gasteiger partial charge in [-0.25, -0.2) is 9.44 Å². The van der Waals surface area contributed by atoms with Crippen molar-refractivity contribution in [2.24, 2.45) is 5.73 Å². The van der Waals surface area contributed by atoms with Gasteiger partial charge in [0.15, 0.2) is 0 Å². The van der Waals surface area contributed by atoms with Gasteiger partial charge in [0, 0.05) is 19.5 Å². The Balaban J connectivity index is 3.49. The summed E-state index contributed by atoms with van der Waals surface area (Å²) in [6, 6.07) is 0. The molecule has 0 aromatic carbocycles. The van der Waals surface area contributed by atoms with Crippen molar-refractivity contribution in [3.05, 3.63) is 0 Å². The quantitative estimate of drug-likeness (QED) is 0.253. The minimum atomic E-state index is -3.32. The van der Waals surface area contributed by atoms with E-state index in [0.717, 1.165) is 6.42 Å². The molecule has 0 atom stereocenters. The zero-order valence-corrected chi connectivity index (χ0v) is 9.15.